The molecule has 0 fully saturated rings. The van der Waals surface area contributed by atoms with Gasteiger partial charge in [0.1, 0.15) is 5.60 Å². The Bertz CT molecular complexity index is 408. The quantitative estimate of drug-likeness (QED) is 0.779. The van der Waals surface area contributed by atoms with E-state index in [0.717, 1.165) is 5.56 Å². The van der Waals surface area contributed by atoms with Crippen molar-refractivity contribution in [1.29, 1.82) is 0 Å². The van der Waals surface area contributed by atoms with E-state index in [-0.39, 0.29) is 6.61 Å². The van der Waals surface area contributed by atoms with E-state index in [0.29, 0.717) is 12.1 Å². The maximum absolute atomic E-state index is 11.5. The van der Waals surface area contributed by atoms with Gasteiger partial charge in [0.05, 0.1) is 12.7 Å². The van der Waals surface area contributed by atoms with E-state index in [1.54, 1.807) is 45.0 Å². The van der Waals surface area contributed by atoms with E-state index in [1.807, 2.05) is 0 Å². The number of nitrogens with one attached hydrogen (secondary N) is 1. The minimum atomic E-state index is -0.760. The van der Waals surface area contributed by atoms with Crippen molar-refractivity contribution in [2.75, 3.05) is 11.9 Å². The summed E-state index contributed by atoms with van der Waals surface area (Å²) in [6.45, 7) is 5.13. The van der Waals surface area contributed by atoms with Crippen LogP contribution in [-0.2, 0) is 11.2 Å². The standard InChI is InChI=1S/C14H21NO4/c1-14(2,3)19-13(18)15-11-6-4-10(5-7-11)8-12(17)9-16/h4-7,12,16-17H,8-9H2,1-3H3,(H,15,18)/t12-/m0/s1. The lowest BCUT2D eigenvalue weighted by Gasteiger charge is -2.19. The van der Waals surface area contributed by atoms with Gasteiger partial charge in [-0.05, 0) is 38.5 Å². The first-order chi connectivity index (χ1) is 8.80. The maximum atomic E-state index is 11.5. The normalized spacial score (nSPS) is 12.9. The fraction of sp³-hybridized carbons (Fsp3) is 0.500. The van der Waals surface area contributed by atoms with E-state index in [4.69, 9.17) is 9.84 Å². The van der Waals surface area contributed by atoms with Crippen molar-refractivity contribution < 1.29 is 19.7 Å². The molecule has 0 unspecified atom stereocenters. The molecule has 0 spiro atoms. The van der Waals surface area contributed by atoms with Crippen LogP contribution in [0.4, 0.5) is 10.5 Å². The monoisotopic (exact) mass is 267 g/mol. The zero-order valence-electron chi connectivity index (χ0n) is 11.5. The fourth-order valence-corrected chi connectivity index (χ4v) is 1.48. The third-order valence-electron chi connectivity index (χ3n) is 2.28. The number of hydrogen-bond donors (Lipinski definition) is 3. The highest BCUT2D eigenvalue weighted by molar-refractivity contribution is 5.84. The van der Waals surface area contributed by atoms with Gasteiger partial charge in [0.25, 0.3) is 0 Å². The molecule has 1 rings (SSSR count). The predicted molar refractivity (Wildman–Crippen MR) is 73.1 cm³/mol. The van der Waals surface area contributed by atoms with Crippen LogP contribution < -0.4 is 5.32 Å². The molecule has 1 amide bonds. The van der Waals surface area contributed by atoms with Gasteiger partial charge in [-0.1, -0.05) is 12.1 Å². The molecule has 0 saturated carbocycles. The van der Waals surface area contributed by atoms with Crippen LogP contribution in [0.3, 0.4) is 0 Å². The molecule has 1 aromatic rings. The zero-order valence-corrected chi connectivity index (χ0v) is 11.5. The second-order valence-electron chi connectivity index (χ2n) is 5.36. The number of aliphatic hydroxyl groups is 2. The molecule has 0 bridgehead atoms. The second kappa shape index (κ2) is 6.54. The average Bonchev–Trinajstić information content (AvgIpc) is 2.29. The Labute approximate surface area is 113 Å². The second-order valence-corrected chi connectivity index (χ2v) is 5.36. The first kappa shape index (κ1) is 15.5. The highest BCUT2D eigenvalue weighted by Crippen LogP contribution is 2.13. The minimum absolute atomic E-state index is 0.266. The summed E-state index contributed by atoms with van der Waals surface area (Å²) in [5, 5.41) is 20.7. The Hall–Kier alpha value is -1.59. The summed E-state index contributed by atoms with van der Waals surface area (Å²) in [5.41, 5.74) is 0.975. The van der Waals surface area contributed by atoms with Crippen molar-refractivity contribution in [3.63, 3.8) is 0 Å². The number of ether oxygens (including phenoxy) is 1. The molecule has 1 atom stereocenters. The van der Waals surface area contributed by atoms with Crippen LogP contribution in [0.5, 0.6) is 0 Å². The first-order valence-corrected chi connectivity index (χ1v) is 6.18. The fourth-order valence-electron chi connectivity index (χ4n) is 1.48. The Morgan fingerprint density at radius 2 is 1.89 bits per heavy atom. The molecule has 0 aliphatic rings. The average molecular weight is 267 g/mol. The molecule has 0 saturated heterocycles. The van der Waals surface area contributed by atoms with Crippen molar-refractivity contribution in [2.24, 2.45) is 0 Å². The van der Waals surface area contributed by atoms with Gasteiger partial charge in [0.15, 0.2) is 0 Å². The molecule has 5 nitrogen and oxygen atoms in total. The van der Waals surface area contributed by atoms with Crippen LogP contribution in [0.25, 0.3) is 0 Å². The Morgan fingerprint density at radius 3 is 2.37 bits per heavy atom. The van der Waals surface area contributed by atoms with Crippen LogP contribution in [-0.4, -0.2) is 34.6 Å². The van der Waals surface area contributed by atoms with Gasteiger partial charge < -0.3 is 14.9 Å². The summed E-state index contributed by atoms with van der Waals surface area (Å²) >= 11 is 0. The van der Waals surface area contributed by atoms with Gasteiger partial charge >= 0.3 is 6.09 Å². The third-order valence-corrected chi connectivity index (χ3v) is 2.28. The molecule has 5 heteroatoms. The van der Waals surface area contributed by atoms with Crippen molar-refractivity contribution in [1.82, 2.24) is 0 Å². The molecule has 19 heavy (non-hydrogen) atoms. The molecule has 0 aliphatic carbocycles. The van der Waals surface area contributed by atoms with Gasteiger partial charge in [-0.3, -0.25) is 5.32 Å². The lowest BCUT2D eigenvalue weighted by atomic mass is 10.1. The Kier molecular flexibility index (Phi) is 5.32. The summed E-state index contributed by atoms with van der Waals surface area (Å²) in [7, 11) is 0. The molecular formula is C14H21NO4. The molecular weight excluding hydrogens is 246 g/mol. The largest absolute Gasteiger partial charge is 0.444 e. The summed E-state index contributed by atoms with van der Waals surface area (Å²) < 4.78 is 5.13. The van der Waals surface area contributed by atoms with E-state index < -0.39 is 17.8 Å². The molecule has 1 aromatic carbocycles. The lowest BCUT2D eigenvalue weighted by molar-refractivity contribution is 0.0636. The Balaban J connectivity index is 2.55. The van der Waals surface area contributed by atoms with Crippen molar-refractivity contribution in [3.8, 4) is 0 Å². The minimum Gasteiger partial charge on any atom is -0.444 e. The summed E-state index contributed by atoms with van der Waals surface area (Å²) in [5.74, 6) is 0. The van der Waals surface area contributed by atoms with Crippen LogP contribution >= 0.6 is 0 Å². The van der Waals surface area contributed by atoms with E-state index in [9.17, 15) is 9.90 Å². The predicted octanol–water partition coefficient (Wildman–Crippen LogP) is 1.93. The molecule has 0 aliphatic heterocycles. The van der Waals surface area contributed by atoms with Crippen LogP contribution in [0.1, 0.15) is 26.3 Å². The SMILES string of the molecule is CC(C)(C)OC(=O)Nc1ccc(C[C@H](O)CO)cc1. The van der Waals surface area contributed by atoms with Crippen molar-refractivity contribution in [3.05, 3.63) is 29.8 Å². The smallest absolute Gasteiger partial charge is 0.412 e. The zero-order chi connectivity index (χ0) is 14.5. The van der Waals surface area contributed by atoms with Crippen molar-refractivity contribution in [2.45, 2.75) is 38.9 Å². The lowest BCUT2D eigenvalue weighted by Crippen LogP contribution is -2.27. The van der Waals surface area contributed by atoms with E-state index >= 15 is 0 Å². The third kappa shape index (κ3) is 6.22. The number of rotatable bonds is 4. The molecule has 0 radical (unpaired) electrons. The van der Waals surface area contributed by atoms with Crippen LogP contribution in [0.15, 0.2) is 24.3 Å². The Morgan fingerprint density at radius 1 is 1.32 bits per heavy atom. The highest BCUT2D eigenvalue weighted by atomic mass is 16.6. The first-order valence-electron chi connectivity index (χ1n) is 6.18. The van der Waals surface area contributed by atoms with Gasteiger partial charge in [0, 0.05) is 12.1 Å². The highest BCUT2D eigenvalue weighted by Gasteiger charge is 2.16. The van der Waals surface area contributed by atoms with Crippen LogP contribution in [0, 0.1) is 0 Å². The number of hydrogen-bond acceptors (Lipinski definition) is 4. The van der Waals surface area contributed by atoms with E-state index in [2.05, 4.69) is 5.32 Å². The maximum Gasteiger partial charge on any atom is 0.412 e. The van der Waals surface area contributed by atoms with Crippen LogP contribution in [0.2, 0.25) is 0 Å². The van der Waals surface area contributed by atoms with Gasteiger partial charge in [-0.2, -0.15) is 0 Å². The summed E-state index contributed by atoms with van der Waals surface area (Å²) in [4.78, 5) is 11.5. The number of carbonyl (C=O) groups is 1. The number of amides is 1. The molecule has 106 valence electrons. The van der Waals surface area contributed by atoms with Gasteiger partial charge in [-0.25, -0.2) is 4.79 Å². The molecule has 0 aromatic heterocycles. The van der Waals surface area contributed by atoms with Crippen molar-refractivity contribution >= 4 is 11.8 Å². The molecule has 3 N–H and O–H groups in total. The summed E-state index contributed by atoms with van der Waals surface area (Å²) in [6, 6.07) is 7.02. The van der Waals surface area contributed by atoms with Gasteiger partial charge in [0.2, 0.25) is 0 Å². The van der Waals surface area contributed by atoms with Gasteiger partial charge in [-0.15, -0.1) is 0 Å². The summed E-state index contributed by atoms with van der Waals surface area (Å²) in [6.07, 6.45) is -0.885. The van der Waals surface area contributed by atoms with E-state index in [1.165, 1.54) is 0 Å². The number of anilines is 1. The molecule has 0 heterocycles. The number of carbonyl (C=O) groups excluding carboxylic acids is 1. The number of aliphatic hydroxyl groups excluding tert-OH is 2. The number of benzene rings is 1. The topological polar surface area (TPSA) is 78.8 Å².